The molecule has 0 bridgehead atoms. The predicted molar refractivity (Wildman–Crippen MR) is 114 cm³/mol. The summed E-state index contributed by atoms with van der Waals surface area (Å²) >= 11 is 6.04. The molecule has 0 saturated carbocycles. The molecule has 8 heteroatoms. The molecule has 0 fully saturated rings. The van der Waals surface area contributed by atoms with Gasteiger partial charge in [0.25, 0.3) is 10.0 Å². The average Bonchev–Trinajstić information content (AvgIpc) is 2.67. The van der Waals surface area contributed by atoms with Gasteiger partial charge in [0, 0.05) is 11.3 Å². The fourth-order valence-corrected chi connectivity index (χ4v) is 4.34. The Morgan fingerprint density at radius 3 is 2.45 bits per heavy atom. The SMILES string of the molecule is Cc1ccc(NC(=O)Cc2ccccc2O)cc1S(=O)(=O)Nc1ccccc1Cl. The summed E-state index contributed by atoms with van der Waals surface area (Å²) in [5.41, 5.74) is 1.59. The summed E-state index contributed by atoms with van der Waals surface area (Å²) in [6, 6.07) is 17.7. The maximum Gasteiger partial charge on any atom is 0.262 e. The Labute approximate surface area is 174 Å². The van der Waals surface area contributed by atoms with Crippen LogP contribution in [0.1, 0.15) is 11.1 Å². The molecule has 0 radical (unpaired) electrons. The van der Waals surface area contributed by atoms with Crippen LogP contribution >= 0.6 is 11.6 Å². The van der Waals surface area contributed by atoms with Crippen LogP contribution in [-0.4, -0.2) is 19.4 Å². The first-order valence-corrected chi connectivity index (χ1v) is 10.6. The molecule has 0 unspecified atom stereocenters. The lowest BCUT2D eigenvalue weighted by atomic mass is 10.1. The lowest BCUT2D eigenvalue weighted by molar-refractivity contribution is -0.115. The van der Waals surface area contributed by atoms with Crippen molar-refractivity contribution in [2.75, 3.05) is 10.0 Å². The number of rotatable bonds is 6. The number of para-hydroxylation sites is 2. The number of benzene rings is 3. The van der Waals surface area contributed by atoms with Gasteiger partial charge in [0.05, 0.1) is 22.0 Å². The third kappa shape index (κ3) is 5.07. The number of aromatic hydroxyl groups is 1. The number of sulfonamides is 1. The smallest absolute Gasteiger partial charge is 0.262 e. The van der Waals surface area contributed by atoms with E-state index < -0.39 is 10.0 Å². The lowest BCUT2D eigenvalue weighted by Crippen LogP contribution is -2.17. The molecule has 3 N–H and O–H groups in total. The number of phenols is 1. The van der Waals surface area contributed by atoms with Crippen LogP contribution in [0.25, 0.3) is 0 Å². The van der Waals surface area contributed by atoms with E-state index in [-0.39, 0.29) is 33.7 Å². The minimum absolute atomic E-state index is 0.0257. The van der Waals surface area contributed by atoms with Gasteiger partial charge in [0.15, 0.2) is 0 Å². The molecule has 0 heterocycles. The number of carbonyl (C=O) groups is 1. The van der Waals surface area contributed by atoms with Crippen molar-refractivity contribution in [2.45, 2.75) is 18.2 Å². The zero-order valence-electron chi connectivity index (χ0n) is 15.5. The lowest BCUT2D eigenvalue weighted by Gasteiger charge is -2.13. The molecule has 0 atom stereocenters. The Morgan fingerprint density at radius 1 is 1.03 bits per heavy atom. The summed E-state index contributed by atoms with van der Waals surface area (Å²) in [6.45, 7) is 1.66. The molecule has 0 aliphatic heterocycles. The van der Waals surface area contributed by atoms with Gasteiger partial charge in [-0.25, -0.2) is 8.42 Å². The third-order valence-electron chi connectivity index (χ3n) is 4.22. The standard InChI is InChI=1S/C21H19ClN2O4S/c1-14-10-11-16(23-21(26)12-15-6-2-5-9-19(15)25)13-20(14)29(27,28)24-18-8-4-3-7-17(18)22/h2-11,13,24-25H,12H2,1H3,(H,23,26). The van der Waals surface area contributed by atoms with Gasteiger partial charge < -0.3 is 10.4 Å². The highest BCUT2D eigenvalue weighted by Gasteiger charge is 2.19. The molecule has 1 amide bonds. The van der Waals surface area contributed by atoms with E-state index in [0.29, 0.717) is 16.8 Å². The van der Waals surface area contributed by atoms with Crippen LogP contribution in [-0.2, 0) is 21.2 Å². The monoisotopic (exact) mass is 430 g/mol. The summed E-state index contributed by atoms with van der Waals surface area (Å²) in [4.78, 5) is 12.3. The number of anilines is 2. The van der Waals surface area contributed by atoms with Crippen molar-refractivity contribution in [3.8, 4) is 5.75 Å². The van der Waals surface area contributed by atoms with Crippen molar-refractivity contribution >= 4 is 38.9 Å². The molecule has 29 heavy (non-hydrogen) atoms. The van der Waals surface area contributed by atoms with Crippen molar-refractivity contribution in [1.29, 1.82) is 0 Å². The summed E-state index contributed by atoms with van der Waals surface area (Å²) in [5, 5.41) is 12.7. The summed E-state index contributed by atoms with van der Waals surface area (Å²) < 4.78 is 28.1. The topological polar surface area (TPSA) is 95.5 Å². The second-order valence-corrected chi connectivity index (χ2v) is 8.48. The van der Waals surface area contributed by atoms with Crippen LogP contribution in [0.2, 0.25) is 5.02 Å². The highest BCUT2D eigenvalue weighted by atomic mass is 35.5. The predicted octanol–water partition coefficient (Wildman–Crippen LogP) is 4.34. The first kappa shape index (κ1) is 20.7. The summed E-state index contributed by atoms with van der Waals surface area (Å²) in [6.07, 6.45) is -0.0412. The Bertz CT molecular complexity index is 1160. The van der Waals surface area contributed by atoms with Crippen LogP contribution in [0.15, 0.2) is 71.6 Å². The van der Waals surface area contributed by atoms with Gasteiger partial charge in [-0.2, -0.15) is 0 Å². The van der Waals surface area contributed by atoms with E-state index in [1.165, 1.54) is 12.1 Å². The van der Waals surface area contributed by atoms with Crippen LogP contribution in [0.5, 0.6) is 5.75 Å². The van der Waals surface area contributed by atoms with Gasteiger partial charge in [-0.1, -0.05) is 48.0 Å². The number of phenolic OH excluding ortho intramolecular Hbond substituents is 1. The molecule has 3 rings (SSSR count). The zero-order chi connectivity index (χ0) is 21.0. The molecular weight excluding hydrogens is 412 g/mol. The number of nitrogens with one attached hydrogen (secondary N) is 2. The molecule has 0 spiro atoms. The normalized spacial score (nSPS) is 11.1. The maximum absolute atomic E-state index is 12.8. The van der Waals surface area contributed by atoms with E-state index in [9.17, 15) is 18.3 Å². The second-order valence-electron chi connectivity index (χ2n) is 6.42. The van der Waals surface area contributed by atoms with E-state index >= 15 is 0 Å². The third-order valence-corrected chi connectivity index (χ3v) is 6.06. The molecular formula is C21H19ClN2O4S. The fraction of sp³-hybridized carbons (Fsp3) is 0.0952. The highest BCUT2D eigenvalue weighted by Crippen LogP contribution is 2.27. The van der Waals surface area contributed by atoms with E-state index in [1.807, 2.05) is 0 Å². The van der Waals surface area contributed by atoms with Crippen molar-refractivity contribution in [3.63, 3.8) is 0 Å². The second kappa shape index (κ2) is 8.55. The minimum Gasteiger partial charge on any atom is -0.508 e. The summed E-state index contributed by atoms with van der Waals surface area (Å²) in [7, 11) is -3.92. The minimum atomic E-state index is -3.92. The molecule has 6 nitrogen and oxygen atoms in total. The van der Waals surface area contributed by atoms with Crippen molar-refractivity contribution in [3.05, 3.63) is 82.9 Å². The Balaban J connectivity index is 1.81. The quantitative estimate of drug-likeness (QED) is 0.542. The van der Waals surface area contributed by atoms with Crippen LogP contribution in [0.3, 0.4) is 0 Å². The molecule has 0 aliphatic carbocycles. The number of amides is 1. The van der Waals surface area contributed by atoms with Crippen molar-refractivity contribution in [1.82, 2.24) is 0 Å². The molecule has 0 aromatic heterocycles. The molecule has 3 aromatic carbocycles. The molecule has 0 saturated heterocycles. The van der Waals surface area contributed by atoms with E-state index in [4.69, 9.17) is 11.6 Å². The van der Waals surface area contributed by atoms with Gasteiger partial charge in [0.2, 0.25) is 5.91 Å². The van der Waals surface area contributed by atoms with Gasteiger partial charge in [-0.3, -0.25) is 9.52 Å². The van der Waals surface area contributed by atoms with Gasteiger partial charge in [-0.05, 0) is 42.8 Å². The Morgan fingerprint density at radius 2 is 1.72 bits per heavy atom. The number of hydrogen-bond acceptors (Lipinski definition) is 4. The van der Waals surface area contributed by atoms with E-state index in [0.717, 1.165) is 0 Å². The molecule has 3 aromatic rings. The van der Waals surface area contributed by atoms with E-state index in [2.05, 4.69) is 10.0 Å². The molecule has 150 valence electrons. The van der Waals surface area contributed by atoms with Gasteiger partial charge in [0.1, 0.15) is 5.75 Å². The molecule has 0 aliphatic rings. The number of hydrogen-bond donors (Lipinski definition) is 3. The van der Waals surface area contributed by atoms with Crippen molar-refractivity contribution in [2.24, 2.45) is 0 Å². The number of halogens is 1. The number of carbonyl (C=O) groups excluding carboxylic acids is 1. The van der Waals surface area contributed by atoms with Gasteiger partial charge >= 0.3 is 0 Å². The van der Waals surface area contributed by atoms with E-state index in [1.54, 1.807) is 61.5 Å². The first-order chi connectivity index (χ1) is 13.8. The number of aryl methyl sites for hydroxylation is 1. The van der Waals surface area contributed by atoms with Crippen LogP contribution in [0, 0.1) is 6.92 Å². The Kier molecular flexibility index (Phi) is 6.10. The van der Waals surface area contributed by atoms with Gasteiger partial charge in [-0.15, -0.1) is 0 Å². The average molecular weight is 431 g/mol. The van der Waals surface area contributed by atoms with Crippen LogP contribution in [0.4, 0.5) is 11.4 Å². The first-order valence-electron chi connectivity index (χ1n) is 8.71. The Hall–Kier alpha value is -3.03. The van der Waals surface area contributed by atoms with Crippen molar-refractivity contribution < 1.29 is 18.3 Å². The maximum atomic E-state index is 12.8. The highest BCUT2D eigenvalue weighted by molar-refractivity contribution is 7.92. The van der Waals surface area contributed by atoms with Crippen LogP contribution < -0.4 is 10.0 Å². The summed E-state index contributed by atoms with van der Waals surface area (Å²) in [5.74, 6) is -0.350. The fourth-order valence-electron chi connectivity index (χ4n) is 2.75. The zero-order valence-corrected chi connectivity index (χ0v) is 17.1. The largest absolute Gasteiger partial charge is 0.508 e.